The molecule has 0 saturated heterocycles. The quantitative estimate of drug-likeness (QED) is 0.166. The first-order chi connectivity index (χ1) is 18.0. The lowest BCUT2D eigenvalue weighted by molar-refractivity contribution is -0.148. The van der Waals surface area contributed by atoms with Crippen molar-refractivity contribution in [3.8, 4) is 11.5 Å². The van der Waals surface area contributed by atoms with Gasteiger partial charge in [0.2, 0.25) is 0 Å². The molecule has 39 heavy (non-hydrogen) atoms. The number of esters is 3. The summed E-state index contributed by atoms with van der Waals surface area (Å²) < 4.78 is 16.5. The van der Waals surface area contributed by atoms with Crippen LogP contribution in [0.4, 0.5) is 0 Å². The molecule has 9 nitrogen and oxygen atoms in total. The molecule has 1 aromatic carbocycles. The van der Waals surface area contributed by atoms with Crippen LogP contribution in [0.15, 0.2) is 18.2 Å². The maximum Gasteiger partial charge on any atom is 0.321 e. The summed E-state index contributed by atoms with van der Waals surface area (Å²) >= 11 is 0. The van der Waals surface area contributed by atoms with Gasteiger partial charge in [0.15, 0.2) is 11.5 Å². The first kappa shape index (κ1) is 34.1. The second-order valence-electron chi connectivity index (χ2n) is 12.5. The molecule has 220 valence electrons. The average molecular weight is 550 g/mol. The molecular formula is C30H47NO8. The fourth-order valence-electron chi connectivity index (χ4n) is 3.66. The lowest BCUT2D eigenvalue weighted by Gasteiger charge is -2.21. The third-order valence-corrected chi connectivity index (χ3v) is 5.51. The normalized spacial score (nSPS) is 13.3. The van der Waals surface area contributed by atoms with Crippen molar-refractivity contribution in [2.45, 2.75) is 112 Å². The fourth-order valence-corrected chi connectivity index (χ4v) is 3.66. The van der Waals surface area contributed by atoms with Gasteiger partial charge in [-0.3, -0.25) is 19.2 Å². The summed E-state index contributed by atoms with van der Waals surface area (Å²) in [4.78, 5) is 48.9. The number of rotatable bonds is 15. The molecule has 0 aliphatic carbocycles. The van der Waals surface area contributed by atoms with Crippen molar-refractivity contribution in [2.24, 2.45) is 10.8 Å². The summed E-state index contributed by atoms with van der Waals surface area (Å²) in [6, 6.07) is 3.68. The Morgan fingerprint density at radius 1 is 0.872 bits per heavy atom. The molecule has 0 aliphatic heterocycles. The van der Waals surface area contributed by atoms with E-state index in [2.05, 4.69) is 12.2 Å². The Kier molecular flexibility index (Phi) is 13.6. The van der Waals surface area contributed by atoms with Crippen LogP contribution in [0.25, 0.3) is 0 Å². The lowest BCUT2D eigenvalue weighted by atomic mass is 9.92. The molecule has 1 unspecified atom stereocenters. The predicted octanol–water partition coefficient (Wildman–Crippen LogP) is 5.47. The van der Waals surface area contributed by atoms with Gasteiger partial charge in [-0.1, -0.05) is 67.4 Å². The molecule has 0 radical (unpaired) electrons. The van der Waals surface area contributed by atoms with Gasteiger partial charge >= 0.3 is 23.9 Å². The Morgan fingerprint density at radius 2 is 1.44 bits per heavy atom. The van der Waals surface area contributed by atoms with E-state index >= 15 is 0 Å². The zero-order chi connectivity index (χ0) is 29.8. The van der Waals surface area contributed by atoms with Crippen molar-refractivity contribution in [1.82, 2.24) is 5.32 Å². The summed E-state index contributed by atoms with van der Waals surface area (Å²) in [5.41, 5.74) is -0.0403. The largest absolute Gasteiger partial charge is 0.480 e. The molecule has 0 spiro atoms. The van der Waals surface area contributed by atoms with E-state index in [4.69, 9.17) is 14.2 Å². The van der Waals surface area contributed by atoms with Crippen LogP contribution in [0.5, 0.6) is 11.5 Å². The predicted molar refractivity (Wildman–Crippen MR) is 149 cm³/mol. The van der Waals surface area contributed by atoms with E-state index in [0.717, 1.165) is 19.3 Å². The molecule has 1 aromatic rings. The average Bonchev–Trinajstić information content (AvgIpc) is 2.75. The summed E-state index contributed by atoms with van der Waals surface area (Å²) in [6.07, 6.45) is 2.91. The van der Waals surface area contributed by atoms with Crippen molar-refractivity contribution in [3.05, 3.63) is 23.8 Å². The number of benzene rings is 1. The van der Waals surface area contributed by atoms with Gasteiger partial charge in [0.05, 0.1) is 12.8 Å². The van der Waals surface area contributed by atoms with Crippen molar-refractivity contribution >= 4 is 23.9 Å². The van der Waals surface area contributed by atoms with Crippen LogP contribution in [0.3, 0.4) is 0 Å². The molecule has 2 atom stereocenters. The van der Waals surface area contributed by atoms with Crippen LogP contribution in [-0.2, 0) is 30.3 Å². The minimum atomic E-state index is -1.08. The molecule has 0 bridgehead atoms. The highest BCUT2D eigenvalue weighted by atomic mass is 16.6. The lowest BCUT2D eigenvalue weighted by Crippen LogP contribution is -2.42. The number of hydrogen-bond donors (Lipinski definition) is 2. The van der Waals surface area contributed by atoms with Gasteiger partial charge in [0.25, 0.3) is 0 Å². The smallest absolute Gasteiger partial charge is 0.321 e. The number of carboxylic acid groups (broad SMARTS) is 1. The van der Waals surface area contributed by atoms with Crippen LogP contribution in [0, 0.1) is 10.8 Å². The maximum atomic E-state index is 12.6. The fraction of sp³-hybridized carbons (Fsp3) is 0.667. The minimum Gasteiger partial charge on any atom is -0.480 e. The van der Waals surface area contributed by atoms with Gasteiger partial charge in [-0.05, 0) is 48.3 Å². The summed E-state index contributed by atoms with van der Waals surface area (Å²) in [5, 5.41) is 12.7. The van der Waals surface area contributed by atoms with Crippen LogP contribution in [-0.4, -0.2) is 47.7 Å². The van der Waals surface area contributed by atoms with Gasteiger partial charge < -0.3 is 24.6 Å². The summed E-state index contributed by atoms with van der Waals surface area (Å²) in [6.45, 7) is 15.4. The topological polar surface area (TPSA) is 128 Å². The van der Waals surface area contributed by atoms with Crippen LogP contribution < -0.4 is 14.8 Å². The van der Waals surface area contributed by atoms with Crippen LogP contribution in [0.1, 0.15) is 99.5 Å². The maximum absolute atomic E-state index is 12.6. The molecule has 0 heterocycles. The van der Waals surface area contributed by atoms with Gasteiger partial charge in [-0.2, -0.15) is 0 Å². The Morgan fingerprint density at radius 3 is 1.95 bits per heavy atom. The Balaban J connectivity index is 3.00. The third kappa shape index (κ3) is 15.3. The van der Waals surface area contributed by atoms with Gasteiger partial charge in [-0.25, -0.2) is 0 Å². The molecule has 9 heteroatoms. The minimum absolute atomic E-state index is 0.0579. The van der Waals surface area contributed by atoms with E-state index < -0.39 is 30.1 Å². The number of carbonyl (C=O) groups excluding carboxylic acids is 3. The molecule has 1 rings (SSSR count). The SMILES string of the molecule is CCCCCC(=O)OC(C)CN[C@@H](Cc1ccc(OC(=O)CC(C)(C)C)c(OC(=O)CC(C)(C)C)c1)C(=O)O. The molecule has 2 N–H and O–H groups in total. The van der Waals surface area contributed by atoms with Crippen molar-refractivity contribution in [2.75, 3.05) is 6.54 Å². The first-order valence-electron chi connectivity index (χ1n) is 13.7. The van der Waals surface area contributed by atoms with Gasteiger partial charge in [0.1, 0.15) is 12.1 Å². The van der Waals surface area contributed by atoms with Crippen molar-refractivity contribution in [3.63, 3.8) is 0 Å². The van der Waals surface area contributed by atoms with E-state index in [1.54, 1.807) is 13.0 Å². The molecule has 0 amide bonds. The second-order valence-corrected chi connectivity index (χ2v) is 12.5. The molecule has 0 fully saturated rings. The van der Waals surface area contributed by atoms with Gasteiger partial charge in [0, 0.05) is 13.0 Å². The Hall–Kier alpha value is -2.94. The zero-order valence-electron chi connectivity index (χ0n) is 24.8. The standard InChI is InChI=1S/C30H47NO8/c1-9-10-11-12-25(32)37-20(2)19-31-22(28(35)36)15-21-13-14-23(38-26(33)17-29(3,4)5)24(16-21)39-27(34)18-30(6,7)8/h13-14,16,20,22,31H,9-12,15,17-19H2,1-8H3,(H,35,36)/t20?,22-/m0/s1. The Labute approximate surface area is 233 Å². The number of carboxylic acids is 1. The van der Waals surface area contributed by atoms with Gasteiger partial charge in [-0.15, -0.1) is 0 Å². The number of carbonyl (C=O) groups is 4. The Bertz CT molecular complexity index is 974. The van der Waals surface area contributed by atoms with E-state index in [9.17, 15) is 24.3 Å². The molecular weight excluding hydrogens is 502 g/mol. The van der Waals surface area contributed by atoms with Crippen molar-refractivity contribution < 1.29 is 38.5 Å². The molecule has 0 saturated carbocycles. The number of ether oxygens (including phenoxy) is 3. The first-order valence-corrected chi connectivity index (χ1v) is 13.7. The third-order valence-electron chi connectivity index (χ3n) is 5.51. The number of hydrogen-bond acceptors (Lipinski definition) is 8. The highest BCUT2D eigenvalue weighted by molar-refractivity contribution is 5.77. The highest BCUT2D eigenvalue weighted by Crippen LogP contribution is 2.32. The van der Waals surface area contributed by atoms with E-state index in [-0.39, 0.29) is 54.1 Å². The van der Waals surface area contributed by atoms with Crippen molar-refractivity contribution in [1.29, 1.82) is 0 Å². The number of nitrogens with one attached hydrogen (secondary N) is 1. The summed E-state index contributed by atoms with van der Waals surface area (Å²) in [7, 11) is 0. The zero-order valence-corrected chi connectivity index (χ0v) is 24.8. The van der Waals surface area contributed by atoms with E-state index in [0.29, 0.717) is 12.0 Å². The van der Waals surface area contributed by atoms with Crippen LogP contribution in [0.2, 0.25) is 0 Å². The monoisotopic (exact) mass is 549 g/mol. The number of unbranched alkanes of at least 4 members (excludes halogenated alkanes) is 2. The van der Waals surface area contributed by atoms with Crippen LogP contribution >= 0.6 is 0 Å². The summed E-state index contributed by atoms with van der Waals surface area (Å²) in [5.74, 6) is -2.19. The second kappa shape index (κ2) is 15.6. The van der Waals surface area contributed by atoms with E-state index in [1.807, 2.05) is 41.5 Å². The molecule has 0 aromatic heterocycles. The molecule has 0 aliphatic rings. The number of aliphatic carboxylic acids is 1. The highest BCUT2D eigenvalue weighted by Gasteiger charge is 2.24. The van der Waals surface area contributed by atoms with E-state index in [1.165, 1.54) is 12.1 Å².